The number of nitrogens with two attached hydrogens (primary N) is 1. The molecule has 0 aliphatic heterocycles. The van der Waals surface area contributed by atoms with E-state index < -0.39 is 0 Å². The fraction of sp³-hybridized carbons (Fsp3) is 0.444. The highest BCUT2D eigenvalue weighted by Crippen LogP contribution is 2.16. The summed E-state index contributed by atoms with van der Waals surface area (Å²) >= 11 is 1.79. The second kappa shape index (κ2) is 5.62. The number of thiophene rings is 1. The molecule has 4 nitrogen and oxygen atoms in total. The summed E-state index contributed by atoms with van der Waals surface area (Å²) in [4.78, 5) is 2.65. The van der Waals surface area contributed by atoms with Crippen molar-refractivity contribution in [1.29, 1.82) is 0 Å². The van der Waals surface area contributed by atoms with E-state index in [0.717, 1.165) is 13.0 Å². The molecule has 1 aromatic heterocycles. The second-order valence-electron chi connectivity index (χ2n) is 2.92. The molecule has 0 amide bonds. The lowest BCUT2D eigenvalue weighted by atomic mass is 10.3. The lowest BCUT2D eigenvalue weighted by molar-refractivity contribution is 0.317. The summed E-state index contributed by atoms with van der Waals surface area (Å²) in [5.41, 5.74) is 5.31. The minimum atomic E-state index is 0.206. The number of amidine groups is 1. The topological polar surface area (TPSA) is 70.6 Å². The molecule has 0 aliphatic carbocycles. The average Bonchev–Trinajstić information content (AvgIpc) is 2.65. The van der Waals surface area contributed by atoms with E-state index in [9.17, 15) is 0 Å². The number of hydrogen-bond donors (Lipinski definition) is 3. The van der Waals surface area contributed by atoms with Gasteiger partial charge in [-0.3, -0.25) is 0 Å². The molecule has 1 rings (SSSR count). The first kappa shape index (κ1) is 11.0. The molecule has 0 aliphatic rings. The van der Waals surface area contributed by atoms with Gasteiger partial charge in [-0.05, 0) is 18.6 Å². The quantitative estimate of drug-likeness (QED) is 0.297. The first-order chi connectivity index (χ1) is 6.76. The molecule has 0 bridgehead atoms. The fourth-order valence-corrected chi connectivity index (χ4v) is 1.98. The van der Waals surface area contributed by atoms with Crippen molar-refractivity contribution in [1.82, 2.24) is 5.32 Å². The highest BCUT2D eigenvalue weighted by molar-refractivity contribution is 7.11. The SMILES string of the molecule is CCc1ccc(CNC/C(N)=N/O)s1. The number of nitrogens with zero attached hydrogens (tertiary/aromatic N) is 1. The molecule has 0 saturated carbocycles. The zero-order valence-corrected chi connectivity index (χ0v) is 8.97. The first-order valence-electron chi connectivity index (χ1n) is 4.51. The normalized spacial score (nSPS) is 11.9. The zero-order chi connectivity index (χ0) is 10.4. The van der Waals surface area contributed by atoms with Crippen LogP contribution in [0.5, 0.6) is 0 Å². The van der Waals surface area contributed by atoms with Crippen molar-refractivity contribution < 1.29 is 5.21 Å². The fourth-order valence-electron chi connectivity index (χ4n) is 1.06. The van der Waals surface area contributed by atoms with Crippen LogP contribution in [0.25, 0.3) is 0 Å². The summed E-state index contributed by atoms with van der Waals surface area (Å²) in [6, 6.07) is 4.23. The summed E-state index contributed by atoms with van der Waals surface area (Å²) < 4.78 is 0. The maximum absolute atomic E-state index is 8.30. The molecule has 14 heavy (non-hydrogen) atoms. The Kier molecular flexibility index (Phi) is 4.42. The van der Waals surface area contributed by atoms with E-state index in [1.54, 1.807) is 11.3 Å². The van der Waals surface area contributed by atoms with Gasteiger partial charge in [0.25, 0.3) is 0 Å². The van der Waals surface area contributed by atoms with Crippen molar-refractivity contribution in [2.45, 2.75) is 19.9 Å². The monoisotopic (exact) mass is 213 g/mol. The molecule has 78 valence electrons. The van der Waals surface area contributed by atoms with E-state index in [2.05, 4.69) is 29.5 Å². The number of nitrogens with one attached hydrogen (secondary N) is 1. The number of hydrogen-bond acceptors (Lipinski definition) is 4. The van der Waals surface area contributed by atoms with Gasteiger partial charge >= 0.3 is 0 Å². The zero-order valence-electron chi connectivity index (χ0n) is 8.16. The van der Waals surface area contributed by atoms with E-state index >= 15 is 0 Å². The average molecular weight is 213 g/mol. The van der Waals surface area contributed by atoms with Crippen LogP contribution in [0.3, 0.4) is 0 Å². The molecule has 0 radical (unpaired) electrons. The van der Waals surface area contributed by atoms with E-state index in [-0.39, 0.29) is 5.84 Å². The Morgan fingerprint density at radius 2 is 2.29 bits per heavy atom. The highest BCUT2D eigenvalue weighted by Gasteiger charge is 1.98. The Labute approximate surface area is 87.4 Å². The Morgan fingerprint density at radius 3 is 2.86 bits per heavy atom. The van der Waals surface area contributed by atoms with Crippen LogP contribution in [0.1, 0.15) is 16.7 Å². The van der Waals surface area contributed by atoms with Crippen LogP contribution in [0.4, 0.5) is 0 Å². The van der Waals surface area contributed by atoms with Gasteiger partial charge in [0.05, 0.1) is 6.54 Å². The Hall–Kier alpha value is -1.07. The van der Waals surface area contributed by atoms with Gasteiger partial charge < -0.3 is 16.3 Å². The second-order valence-corrected chi connectivity index (χ2v) is 4.17. The lowest BCUT2D eigenvalue weighted by Crippen LogP contribution is -2.28. The van der Waals surface area contributed by atoms with Crippen LogP contribution in [0.15, 0.2) is 17.3 Å². The summed E-state index contributed by atoms with van der Waals surface area (Å²) in [7, 11) is 0. The van der Waals surface area contributed by atoms with Gasteiger partial charge in [-0.25, -0.2) is 0 Å². The maximum Gasteiger partial charge on any atom is 0.153 e. The van der Waals surface area contributed by atoms with E-state index in [1.807, 2.05) is 0 Å². The lowest BCUT2D eigenvalue weighted by Gasteiger charge is -2.00. The molecule has 0 saturated heterocycles. The minimum absolute atomic E-state index is 0.206. The van der Waals surface area contributed by atoms with Crippen molar-refractivity contribution in [2.75, 3.05) is 6.54 Å². The van der Waals surface area contributed by atoms with Gasteiger partial charge in [-0.1, -0.05) is 12.1 Å². The van der Waals surface area contributed by atoms with Crippen LogP contribution in [0, 0.1) is 0 Å². The van der Waals surface area contributed by atoms with E-state index in [0.29, 0.717) is 6.54 Å². The third-order valence-corrected chi connectivity index (χ3v) is 3.03. The molecular weight excluding hydrogens is 198 g/mol. The predicted octanol–water partition coefficient (Wildman–Crippen LogP) is 1.15. The first-order valence-corrected chi connectivity index (χ1v) is 5.32. The molecule has 0 aromatic carbocycles. The molecule has 0 fully saturated rings. The van der Waals surface area contributed by atoms with Crippen LogP contribution in [0.2, 0.25) is 0 Å². The van der Waals surface area contributed by atoms with Crippen molar-refractivity contribution in [3.63, 3.8) is 0 Å². The van der Waals surface area contributed by atoms with Gasteiger partial charge in [0.15, 0.2) is 5.84 Å². The number of aryl methyl sites for hydroxylation is 1. The molecular formula is C9H15N3OS. The van der Waals surface area contributed by atoms with Crippen molar-refractivity contribution >= 4 is 17.2 Å². The van der Waals surface area contributed by atoms with Gasteiger partial charge in [0.2, 0.25) is 0 Å². The van der Waals surface area contributed by atoms with E-state index in [4.69, 9.17) is 10.9 Å². The van der Waals surface area contributed by atoms with Gasteiger partial charge in [0, 0.05) is 16.3 Å². The minimum Gasteiger partial charge on any atom is -0.409 e. The third kappa shape index (κ3) is 3.35. The standard InChI is InChI=1S/C9H15N3OS/c1-2-7-3-4-8(14-7)5-11-6-9(10)12-13/h3-4,11,13H,2,5-6H2,1H3,(H2,10,12). The van der Waals surface area contributed by atoms with Crippen molar-refractivity contribution in [3.05, 3.63) is 21.9 Å². The molecule has 1 heterocycles. The Balaban J connectivity index is 2.31. The van der Waals surface area contributed by atoms with Crippen molar-refractivity contribution in [2.24, 2.45) is 10.9 Å². The Morgan fingerprint density at radius 1 is 1.57 bits per heavy atom. The number of rotatable bonds is 5. The molecule has 1 aromatic rings. The molecule has 0 unspecified atom stereocenters. The molecule has 4 N–H and O–H groups in total. The highest BCUT2D eigenvalue weighted by atomic mass is 32.1. The van der Waals surface area contributed by atoms with Crippen LogP contribution in [-0.4, -0.2) is 17.6 Å². The summed E-state index contributed by atoms with van der Waals surface area (Å²) in [5.74, 6) is 0.206. The van der Waals surface area contributed by atoms with Gasteiger partial charge in [-0.2, -0.15) is 0 Å². The van der Waals surface area contributed by atoms with Crippen LogP contribution in [-0.2, 0) is 13.0 Å². The van der Waals surface area contributed by atoms with Crippen LogP contribution >= 0.6 is 11.3 Å². The molecule has 5 heteroatoms. The molecule has 0 spiro atoms. The predicted molar refractivity (Wildman–Crippen MR) is 58.8 cm³/mol. The van der Waals surface area contributed by atoms with Gasteiger partial charge in [0.1, 0.15) is 0 Å². The molecule has 0 atom stereocenters. The maximum atomic E-state index is 8.30. The third-order valence-electron chi connectivity index (χ3n) is 1.80. The summed E-state index contributed by atoms with van der Waals surface area (Å²) in [5, 5.41) is 14.3. The summed E-state index contributed by atoms with van der Waals surface area (Å²) in [6.45, 7) is 3.32. The van der Waals surface area contributed by atoms with E-state index in [1.165, 1.54) is 9.75 Å². The summed E-state index contributed by atoms with van der Waals surface area (Å²) in [6.07, 6.45) is 1.07. The number of oxime groups is 1. The largest absolute Gasteiger partial charge is 0.409 e. The van der Waals surface area contributed by atoms with Gasteiger partial charge in [-0.15, -0.1) is 11.3 Å². The smallest absolute Gasteiger partial charge is 0.153 e. The Bertz CT molecular complexity index is 309. The van der Waals surface area contributed by atoms with Crippen molar-refractivity contribution in [3.8, 4) is 0 Å². The van der Waals surface area contributed by atoms with Crippen LogP contribution < -0.4 is 11.1 Å².